The maximum absolute atomic E-state index is 2.66. The second kappa shape index (κ2) is 12.5. The Kier molecular flexibility index (Phi) is 7.48. The van der Waals surface area contributed by atoms with Gasteiger partial charge in [0.2, 0.25) is 0 Å². The summed E-state index contributed by atoms with van der Waals surface area (Å²) in [5.41, 5.74) is 20.4. The van der Waals surface area contributed by atoms with E-state index >= 15 is 0 Å². The lowest BCUT2D eigenvalue weighted by Crippen LogP contribution is -2.42. The molecule has 0 unspecified atom stereocenters. The number of rotatable bonds is 4. The topological polar surface area (TPSA) is 9.86 Å². The summed E-state index contributed by atoms with van der Waals surface area (Å²) in [6.45, 7) is 19.7. The van der Waals surface area contributed by atoms with Gasteiger partial charge in [-0.25, -0.2) is 0 Å². The van der Waals surface area contributed by atoms with Crippen molar-refractivity contribution in [2.24, 2.45) is 5.41 Å². The average Bonchev–Trinajstić information content (AvgIpc) is 3.91. The summed E-state index contributed by atoms with van der Waals surface area (Å²) in [5.74, 6) is 0. The molecule has 8 aromatic carbocycles. The summed E-state index contributed by atoms with van der Waals surface area (Å²) >= 11 is 0. The minimum Gasteiger partial charge on any atom is -0.309 e. The van der Waals surface area contributed by atoms with Crippen molar-refractivity contribution < 1.29 is 0 Å². The van der Waals surface area contributed by atoms with Gasteiger partial charge in [-0.2, -0.15) is 0 Å². The molecule has 2 aromatic heterocycles. The second-order valence-electron chi connectivity index (χ2n) is 20.2. The van der Waals surface area contributed by atoms with Gasteiger partial charge in [0.05, 0.1) is 27.8 Å². The molecule has 0 aliphatic heterocycles. The van der Waals surface area contributed by atoms with Crippen LogP contribution in [-0.2, 0) is 16.2 Å². The van der Waals surface area contributed by atoms with Crippen LogP contribution in [0.2, 0.25) is 0 Å². The summed E-state index contributed by atoms with van der Waals surface area (Å²) < 4.78 is 5.11. The minimum atomic E-state index is -0.184. The van der Waals surface area contributed by atoms with Crippen LogP contribution < -0.4 is 0 Å². The summed E-state index contributed by atoms with van der Waals surface area (Å²) in [6.07, 6.45) is 0. The predicted octanol–water partition coefficient (Wildman–Crippen LogP) is 16.1. The van der Waals surface area contributed by atoms with Gasteiger partial charge in [-0.05, 0) is 115 Å². The van der Waals surface area contributed by atoms with E-state index in [1.807, 2.05) is 0 Å². The highest BCUT2D eigenvalue weighted by molar-refractivity contribution is 6.14. The first-order valence-corrected chi connectivity index (χ1v) is 22.4. The van der Waals surface area contributed by atoms with E-state index in [0.717, 1.165) is 5.69 Å². The largest absolute Gasteiger partial charge is 0.309 e. The van der Waals surface area contributed by atoms with E-state index in [1.54, 1.807) is 0 Å². The number of nitrogens with zero attached hydrogens (tertiary/aromatic N) is 2. The van der Waals surface area contributed by atoms with Crippen LogP contribution in [0.4, 0.5) is 0 Å². The predicted molar refractivity (Wildman–Crippen MR) is 263 cm³/mol. The molecule has 12 rings (SSSR count). The molecule has 2 heteroatoms. The van der Waals surface area contributed by atoms with Crippen molar-refractivity contribution in [3.63, 3.8) is 0 Å². The highest BCUT2D eigenvalue weighted by Crippen LogP contribution is 2.63. The summed E-state index contributed by atoms with van der Waals surface area (Å²) in [5, 5.41) is 5.12. The van der Waals surface area contributed by atoms with Crippen LogP contribution in [0, 0.1) is 5.41 Å². The number of hydrogen-bond acceptors (Lipinski definition) is 0. The SMILES string of the molecule is CC1(C)c2ccccc2-c2ccc3c4ccccc4n(-c4cc5c(cc4-c4ccc6c(c4)c4ccccc4n6-c4cccc(-c6ccccc6)c4)C(C)(C)C(C)(C)C5(C)C)c3c21. The summed E-state index contributed by atoms with van der Waals surface area (Å²) in [6, 6.07) is 64.0. The van der Waals surface area contributed by atoms with Gasteiger partial charge in [0.1, 0.15) is 0 Å². The lowest BCUT2D eigenvalue weighted by Gasteiger charge is -2.44. The Hall–Kier alpha value is -6.64. The van der Waals surface area contributed by atoms with Crippen LogP contribution in [-0.4, -0.2) is 9.13 Å². The molecule has 0 N–H and O–H groups in total. The molecular weight excluding hydrogens is 749 g/mol. The number of para-hydroxylation sites is 2. The zero-order valence-corrected chi connectivity index (χ0v) is 37.1. The molecule has 2 heterocycles. The van der Waals surface area contributed by atoms with Gasteiger partial charge >= 0.3 is 0 Å². The van der Waals surface area contributed by atoms with Gasteiger partial charge in [0, 0.05) is 38.2 Å². The molecule has 62 heavy (non-hydrogen) atoms. The Morgan fingerprint density at radius 2 is 0.968 bits per heavy atom. The Morgan fingerprint density at radius 3 is 1.73 bits per heavy atom. The quantitative estimate of drug-likeness (QED) is 0.168. The first-order chi connectivity index (χ1) is 29.8. The van der Waals surface area contributed by atoms with Crippen molar-refractivity contribution in [3.05, 3.63) is 192 Å². The highest BCUT2D eigenvalue weighted by Gasteiger charge is 2.57. The van der Waals surface area contributed by atoms with E-state index in [2.05, 4.69) is 234 Å². The Morgan fingerprint density at radius 1 is 0.355 bits per heavy atom. The number of fused-ring (bicyclic) bond motifs is 11. The molecule has 0 saturated carbocycles. The molecule has 0 amide bonds. The van der Waals surface area contributed by atoms with E-state index in [1.165, 1.54) is 105 Å². The van der Waals surface area contributed by atoms with Crippen LogP contribution in [0.5, 0.6) is 0 Å². The van der Waals surface area contributed by atoms with Crippen molar-refractivity contribution in [2.45, 2.75) is 71.6 Å². The van der Waals surface area contributed by atoms with E-state index in [9.17, 15) is 0 Å². The molecule has 0 radical (unpaired) electrons. The standard InChI is InChI=1S/C60H52N2/c1-57(2)48-26-15-12-23-41(48)44-30-31-45-42-24-13-17-28-52(42)62(56(45)55(44)57)54-36-50-49(58(3,4)60(7,8)59(50,5)6)35-46(54)39-29-32-53-47(34-39)43-25-14-16-27-51(43)61(53)40-22-18-21-38(33-40)37-19-10-9-11-20-37/h9-36H,1-8H3. The van der Waals surface area contributed by atoms with Crippen molar-refractivity contribution >= 4 is 43.6 Å². The van der Waals surface area contributed by atoms with Crippen molar-refractivity contribution in [2.75, 3.05) is 0 Å². The third-order valence-corrected chi connectivity index (χ3v) is 16.4. The highest BCUT2D eigenvalue weighted by atomic mass is 15.0. The van der Waals surface area contributed by atoms with Crippen molar-refractivity contribution in [1.82, 2.24) is 9.13 Å². The van der Waals surface area contributed by atoms with E-state index in [-0.39, 0.29) is 21.7 Å². The van der Waals surface area contributed by atoms with Gasteiger partial charge in [-0.15, -0.1) is 0 Å². The van der Waals surface area contributed by atoms with Crippen molar-refractivity contribution in [1.29, 1.82) is 0 Å². The Labute approximate surface area is 365 Å². The van der Waals surface area contributed by atoms with Crippen LogP contribution in [0.25, 0.3) is 88.4 Å². The number of hydrogen-bond donors (Lipinski definition) is 0. The Balaban J connectivity index is 1.18. The molecule has 0 atom stereocenters. The van der Waals surface area contributed by atoms with Gasteiger partial charge in [0.15, 0.2) is 0 Å². The molecule has 0 spiro atoms. The van der Waals surface area contributed by atoms with Crippen LogP contribution >= 0.6 is 0 Å². The summed E-state index contributed by atoms with van der Waals surface area (Å²) in [7, 11) is 0. The van der Waals surface area contributed by atoms with Gasteiger partial charge < -0.3 is 9.13 Å². The molecule has 2 nitrogen and oxygen atoms in total. The molecule has 0 fully saturated rings. The lowest BCUT2D eigenvalue weighted by atomic mass is 9.59. The first-order valence-electron chi connectivity index (χ1n) is 22.4. The zero-order chi connectivity index (χ0) is 42.5. The second-order valence-corrected chi connectivity index (χ2v) is 20.2. The van der Waals surface area contributed by atoms with Crippen LogP contribution in [0.15, 0.2) is 170 Å². The molecule has 302 valence electrons. The van der Waals surface area contributed by atoms with E-state index in [4.69, 9.17) is 0 Å². The Bertz CT molecular complexity index is 3510. The monoisotopic (exact) mass is 800 g/mol. The fraction of sp³-hybridized carbons (Fsp3) is 0.200. The third kappa shape index (κ3) is 4.70. The number of aromatic nitrogens is 2. The van der Waals surface area contributed by atoms with E-state index in [0.29, 0.717) is 0 Å². The fourth-order valence-electron chi connectivity index (χ4n) is 11.9. The molecule has 0 bridgehead atoms. The van der Waals surface area contributed by atoms with Crippen molar-refractivity contribution in [3.8, 4) is 44.8 Å². The van der Waals surface area contributed by atoms with Crippen LogP contribution in [0.1, 0.15) is 77.6 Å². The normalized spacial score (nSPS) is 16.6. The number of benzene rings is 8. The minimum absolute atomic E-state index is 0.00952. The van der Waals surface area contributed by atoms with Gasteiger partial charge in [-0.3, -0.25) is 0 Å². The van der Waals surface area contributed by atoms with Crippen LogP contribution in [0.3, 0.4) is 0 Å². The molecule has 0 saturated heterocycles. The maximum Gasteiger partial charge on any atom is 0.0588 e. The first kappa shape index (κ1) is 37.1. The molecular formula is C60H52N2. The van der Waals surface area contributed by atoms with Gasteiger partial charge in [-0.1, -0.05) is 177 Å². The third-order valence-electron chi connectivity index (χ3n) is 16.4. The molecule has 2 aliphatic carbocycles. The molecule has 10 aromatic rings. The average molecular weight is 801 g/mol. The lowest BCUT2D eigenvalue weighted by molar-refractivity contribution is 0.125. The smallest absolute Gasteiger partial charge is 0.0588 e. The molecule has 2 aliphatic rings. The fourth-order valence-corrected chi connectivity index (χ4v) is 11.9. The summed E-state index contributed by atoms with van der Waals surface area (Å²) in [4.78, 5) is 0. The van der Waals surface area contributed by atoms with E-state index < -0.39 is 0 Å². The zero-order valence-electron chi connectivity index (χ0n) is 37.1. The van der Waals surface area contributed by atoms with Gasteiger partial charge in [0.25, 0.3) is 0 Å². The maximum atomic E-state index is 2.66.